The summed E-state index contributed by atoms with van der Waals surface area (Å²) < 4.78 is 0. The lowest BCUT2D eigenvalue weighted by Crippen LogP contribution is -2.49. The molecular weight excluding hydrogens is 218 g/mol. The summed E-state index contributed by atoms with van der Waals surface area (Å²) >= 11 is 0. The maximum Gasteiger partial charge on any atom is 0.255 e. The monoisotopic (exact) mass is 235 g/mol. The third-order valence-corrected chi connectivity index (χ3v) is 2.28. The molecular formula is C12H17N3O2. The number of hydrazine groups is 1. The van der Waals surface area contributed by atoms with Crippen molar-refractivity contribution in [2.45, 2.75) is 25.8 Å². The second-order valence-electron chi connectivity index (χ2n) is 3.69. The van der Waals surface area contributed by atoms with E-state index >= 15 is 0 Å². The Morgan fingerprint density at radius 3 is 2.47 bits per heavy atom. The molecule has 0 aliphatic rings. The highest BCUT2D eigenvalue weighted by Gasteiger charge is 2.14. The van der Waals surface area contributed by atoms with Crippen LogP contribution in [0.5, 0.6) is 0 Å². The first-order valence-electron chi connectivity index (χ1n) is 5.51. The Morgan fingerprint density at radius 1 is 1.24 bits per heavy atom. The van der Waals surface area contributed by atoms with Crippen molar-refractivity contribution in [3.8, 4) is 0 Å². The fourth-order valence-electron chi connectivity index (χ4n) is 1.27. The van der Waals surface area contributed by atoms with Gasteiger partial charge < -0.3 is 5.73 Å². The molecule has 1 unspecified atom stereocenters. The fraction of sp³-hybridized carbons (Fsp3) is 0.333. The number of carbonyl (C=O) groups is 2. The standard InChI is InChI=1S/C12H17N3O2/c1-2-11(16)14-15-12(17)10(13)8-9-6-4-3-5-7-9/h3-7,10H,2,8,13H2,1H3,(H,14,16)(H,15,17). The normalized spacial score (nSPS) is 11.6. The predicted molar refractivity (Wildman–Crippen MR) is 64.7 cm³/mol. The van der Waals surface area contributed by atoms with E-state index in [2.05, 4.69) is 10.9 Å². The molecule has 0 bridgehead atoms. The van der Waals surface area contributed by atoms with Crippen molar-refractivity contribution in [1.29, 1.82) is 0 Å². The van der Waals surface area contributed by atoms with E-state index in [0.29, 0.717) is 12.8 Å². The van der Waals surface area contributed by atoms with Crippen LogP contribution in [0.1, 0.15) is 18.9 Å². The molecule has 92 valence electrons. The highest BCUT2D eigenvalue weighted by molar-refractivity contribution is 5.85. The average molecular weight is 235 g/mol. The molecule has 0 saturated heterocycles. The molecule has 4 N–H and O–H groups in total. The molecule has 0 fully saturated rings. The summed E-state index contributed by atoms with van der Waals surface area (Å²) in [5, 5.41) is 0. The van der Waals surface area contributed by atoms with E-state index < -0.39 is 11.9 Å². The highest BCUT2D eigenvalue weighted by Crippen LogP contribution is 2.01. The zero-order valence-electron chi connectivity index (χ0n) is 9.77. The Bertz CT molecular complexity index is 379. The summed E-state index contributed by atoms with van der Waals surface area (Å²) in [6.45, 7) is 1.70. The molecule has 0 aliphatic carbocycles. The van der Waals surface area contributed by atoms with Gasteiger partial charge in [0.25, 0.3) is 5.91 Å². The van der Waals surface area contributed by atoms with Gasteiger partial charge in [0.15, 0.2) is 0 Å². The molecule has 0 heterocycles. The lowest BCUT2D eigenvalue weighted by molar-refractivity contribution is -0.129. The average Bonchev–Trinajstić information content (AvgIpc) is 2.36. The lowest BCUT2D eigenvalue weighted by Gasteiger charge is -2.12. The van der Waals surface area contributed by atoms with Gasteiger partial charge in [-0.1, -0.05) is 37.3 Å². The summed E-state index contributed by atoms with van der Waals surface area (Å²) in [6, 6.07) is 8.80. The van der Waals surface area contributed by atoms with Crippen LogP contribution in [0.3, 0.4) is 0 Å². The maximum atomic E-state index is 11.5. The van der Waals surface area contributed by atoms with E-state index in [1.54, 1.807) is 6.92 Å². The Balaban J connectivity index is 2.40. The zero-order valence-corrected chi connectivity index (χ0v) is 9.77. The Kier molecular flexibility index (Phi) is 5.16. The molecule has 0 spiro atoms. The van der Waals surface area contributed by atoms with Crippen LogP contribution < -0.4 is 16.6 Å². The van der Waals surface area contributed by atoms with Crippen molar-refractivity contribution in [2.75, 3.05) is 0 Å². The van der Waals surface area contributed by atoms with E-state index in [0.717, 1.165) is 5.56 Å². The number of benzene rings is 1. The largest absolute Gasteiger partial charge is 0.320 e. The number of rotatable bonds is 4. The van der Waals surface area contributed by atoms with Crippen LogP contribution in [0, 0.1) is 0 Å². The molecule has 1 atom stereocenters. The molecule has 0 radical (unpaired) electrons. The van der Waals surface area contributed by atoms with Gasteiger partial charge in [-0.3, -0.25) is 20.4 Å². The van der Waals surface area contributed by atoms with Crippen molar-refractivity contribution >= 4 is 11.8 Å². The molecule has 2 amide bonds. The first kappa shape index (κ1) is 13.2. The predicted octanol–water partition coefficient (Wildman–Crippen LogP) is 0.114. The van der Waals surface area contributed by atoms with Gasteiger partial charge in [0.2, 0.25) is 5.91 Å². The molecule has 0 aromatic heterocycles. The second kappa shape index (κ2) is 6.65. The molecule has 17 heavy (non-hydrogen) atoms. The van der Waals surface area contributed by atoms with Gasteiger partial charge in [0.1, 0.15) is 0 Å². The van der Waals surface area contributed by atoms with E-state index in [4.69, 9.17) is 5.73 Å². The molecule has 1 rings (SSSR count). The Labute approximate surface area is 100 Å². The van der Waals surface area contributed by atoms with E-state index in [1.807, 2.05) is 30.3 Å². The number of hydrogen-bond donors (Lipinski definition) is 3. The van der Waals surface area contributed by atoms with E-state index in [-0.39, 0.29) is 5.91 Å². The third-order valence-electron chi connectivity index (χ3n) is 2.28. The van der Waals surface area contributed by atoms with Crippen molar-refractivity contribution < 1.29 is 9.59 Å². The molecule has 5 nitrogen and oxygen atoms in total. The fourth-order valence-corrected chi connectivity index (χ4v) is 1.27. The lowest BCUT2D eigenvalue weighted by atomic mass is 10.1. The first-order valence-corrected chi connectivity index (χ1v) is 5.51. The van der Waals surface area contributed by atoms with Crippen molar-refractivity contribution in [1.82, 2.24) is 10.9 Å². The molecule has 1 aromatic rings. The smallest absolute Gasteiger partial charge is 0.255 e. The van der Waals surface area contributed by atoms with Gasteiger partial charge in [-0.2, -0.15) is 0 Å². The van der Waals surface area contributed by atoms with Crippen molar-refractivity contribution in [3.63, 3.8) is 0 Å². The van der Waals surface area contributed by atoms with Crippen molar-refractivity contribution in [2.24, 2.45) is 5.73 Å². The minimum atomic E-state index is -0.672. The van der Waals surface area contributed by atoms with Gasteiger partial charge in [-0.05, 0) is 12.0 Å². The van der Waals surface area contributed by atoms with Crippen LogP contribution >= 0.6 is 0 Å². The SMILES string of the molecule is CCC(=O)NNC(=O)C(N)Cc1ccccc1. The van der Waals surface area contributed by atoms with Gasteiger partial charge in [-0.25, -0.2) is 0 Å². The van der Waals surface area contributed by atoms with Gasteiger partial charge >= 0.3 is 0 Å². The van der Waals surface area contributed by atoms with E-state index in [9.17, 15) is 9.59 Å². The van der Waals surface area contributed by atoms with Crippen LogP contribution in [0.4, 0.5) is 0 Å². The number of amides is 2. The minimum absolute atomic E-state index is 0.245. The van der Waals surface area contributed by atoms with Crippen LogP contribution in [-0.4, -0.2) is 17.9 Å². The topological polar surface area (TPSA) is 84.2 Å². The molecule has 0 aliphatic heterocycles. The summed E-state index contributed by atoms with van der Waals surface area (Å²) in [4.78, 5) is 22.4. The maximum absolute atomic E-state index is 11.5. The number of nitrogens with two attached hydrogens (primary N) is 1. The number of carbonyl (C=O) groups excluding carboxylic acids is 2. The summed E-state index contributed by atoms with van der Waals surface area (Å²) in [5.74, 6) is -0.638. The summed E-state index contributed by atoms with van der Waals surface area (Å²) in [5.41, 5.74) is 11.3. The molecule has 1 aromatic carbocycles. The Morgan fingerprint density at radius 2 is 1.88 bits per heavy atom. The minimum Gasteiger partial charge on any atom is -0.320 e. The first-order chi connectivity index (χ1) is 8.13. The zero-order chi connectivity index (χ0) is 12.7. The number of nitrogens with one attached hydrogen (secondary N) is 2. The van der Waals surface area contributed by atoms with Gasteiger partial charge in [0.05, 0.1) is 6.04 Å². The highest BCUT2D eigenvalue weighted by atomic mass is 16.2. The van der Waals surface area contributed by atoms with Gasteiger partial charge in [0, 0.05) is 6.42 Å². The van der Waals surface area contributed by atoms with Gasteiger partial charge in [-0.15, -0.1) is 0 Å². The second-order valence-corrected chi connectivity index (χ2v) is 3.69. The van der Waals surface area contributed by atoms with Crippen LogP contribution in [0.2, 0.25) is 0 Å². The molecule has 5 heteroatoms. The molecule has 0 saturated carbocycles. The summed E-state index contributed by atoms with van der Waals surface area (Å²) in [7, 11) is 0. The van der Waals surface area contributed by atoms with Crippen LogP contribution in [0.15, 0.2) is 30.3 Å². The van der Waals surface area contributed by atoms with Crippen molar-refractivity contribution in [3.05, 3.63) is 35.9 Å². The van der Waals surface area contributed by atoms with E-state index in [1.165, 1.54) is 0 Å². The summed E-state index contributed by atoms with van der Waals surface area (Å²) in [6.07, 6.45) is 0.753. The Hall–Kier alpha value is -1.88. The number of hydrogen-bond acceptors (Lipinski definition) is 3. The van der Waals surface area contributed by atoms with Crippen LogP contribution in [-0.2, 0) is 16.0 Å². The quantitative estimate of drug-likeness (QED) is 0.648. The van der Waals surface area contributed by atoms with Crippen LogP contribution in [0.25, 0.3) is 0 Å². The third kappa shape index (κ3) is 4.65.